The first-order valence-corrected chi connectivity index (χ1v) is 7.04. The minimum Gasteiger partial charge on any atom is -0.381 e. The summed E-state index contributed by atoms with van der Waals surface area (Å²) < 4.78 is 31.6. The van der Waals surface area contributed by atoms with Crippen LogP contribution in [0.1, 0.15) is 12.8 Å². The van der Waals surface area contributed by atoms with Crippen LogP contribution in [0.2, 0.25) is 5.15 Å². The van der Waals surface area contributed by atoms with Gasteiger partial charge in [-0.3, -0.25) is 0 Å². The maximum Gasteiger partial charge on any atom is 0.240 e. The highest BCUT2D eigenvalue weighted by atomic mass is 35.5. The Kier molecular flexibility index (Phi) is 3.67. The van der Waals surface area contributed by atoms with E-state index in [1.165, 1.54) is 18.3 Å². The Morgan fingerprint density at radius 1 is 1.53 bits per heavy atom. The lowest BCUT2D eigenvalue weighted by atomic mass is 9.90. The summed E-state index contributed by atoms with van der Waals surface area (Å²) >= 11 is 5.66. The number of halogens is 1. The van der Waals surface area contributed by atoms with E-state index >= 15 is 0 Å². The quantitative estimate of drug-likeness (QED) is 0.839. The Bertz CT molecular complexity index is 500. The van der Waals surface area contributed by atoms with E-state index in [-0.39, 0.29) is 22.2 Å². The zero-order chi connectivity index (χ0) is 12.5. The predicted molar refractivity (Wildman–Crippen MR) is 63.4 cm³/mol. The van der Waals surface area contributed by atoms with Crippen molar-refractivity contribution in [3.63, 3.8) is 0 Å². The van der Waals surface area contributed by atoms with Crippen LogP contribution in [0.3, 0.4) is 0 Å². The second kappa shape index (κ2) is 4.89. The number of hydrogen-bond donors (Lipinski definition) is 1. The van der Waals surface area contributed by atoms with Crippen molar-refractivity contribution in [1.29, 1.82) is 0 Å². The number of aromatic nitrogens is 1. The van der Waals surface area contributed by atoms with Crippen LogP contribution in [0.5, 0.6) is 0 Å². The lowest BCUT2D eigenvalue weighted by molar-refractivity contribution is 0.0236. The molecule has 0 atom stereocenters. The number of nitrogens with one attached hydrogen (secondary N) is 1. The molecule has 1 aromatic heterocycles. The lowest BCUT2D eigenvalue weighted by Crippen LogP contribution is -2.47. The van der Waals surface area contributed by atoms with Crippen molar-refractivity contribution < 1.29 is 13.2 Å². The highest BCUT2D eigenvalue weighted by Crippen LogP contribution is 2.24. The van der Waals surface area contributed by atoms with Gasteiger partial charge in [-0.25, -0.2) is 18.1 Å². The molecular formula is C10H13ClN2O3S. The highest BCUT2D eigenvalue weighted by molar-refractivity contribution is 7.89. The van der Waals surface area contributed by atoms with Crippen LogP contribution in [-0.2, 0) is 14.8 Å². The van der Waals surface area contributed by atoms with E-state index in [4.69, 9.17) is 16.3 Å². The van der Waals surface area contributed by atoms with Crippen molar-refractivity contribution in [2.45, 2.75) is 29.9 Å². The van der Waals surface area contributed by atoms with Crippen molar-refractivity contribution in [3.8, 4) is 0 Å². The number of nitrogens with zero attached hydrogens (tertiary/aromatic N) is 1. The minimum absolute atomic E-state index is 0.0584. The highest BCUT2D eigenvalue weighted by Gasteiger charge is 2.32. The van der Waals surface area contributed by atoms with Gasteiger partial charge in [0, 0.05) is 19.3 Å². The fourth-order valence-electron chi connectivity index (χ4n) is 1.69. The SMILES string of the molecule is COC1CC(NS(=O)(=O)c2ccnc(Cl)c2)C1. The molecule has 2 rings (SSSR count). The summed E-state index contributed by atoms with van der Waals surface area (Å²) in [6.45, 7) is 0. The molecule has 0 amide bonds. The fourth-order valence-corrected chi connectivity index (χ4v) is 3.21. The van der Waals surface area contributed by atoms with E-state index in [9.17, 15) is 8.42 Å². The van der Waals surface area contributed by atoms with E-state index < -0.39 is 10.0 Å². The molecule has 5 nitrogen and oxygen atoms in total. The number of ether oxygens (including phenoxy) is 1. The Morgan fingerprint density at radius 2 is 2.24 bits per heavy atom. The number of hydrogen-bond acceptors (Lipinski definition) is 4. The van der Waals surface area contributed by atoms with Gasteiger partial charge in [0.1, 0.15) is 5.15 Å². The van der Waals surface area contributed by atoms with Crippen LogP contribution in [0, 0.1) is 0 Å². The summed E-state index contributed by atoms with van der Waals surface area (Å²) in [6.07, 6.45) is 2.93. The molecule has 1 saturated carbocycles. The van der Waals surface area contributed by atoms with Gasteiger partial charge in [0.2, 0.25) is 10.0 Å². The maximum atomic E-state index is 11.9. The van der Waals surface area contributed by atoms with E-state index in [0.29, 0.717) is 12.8 Å². The number of sulfonamides is 1. The monoisotopic (exact) mass is 276 g/mol. The molecule has 1 N–H and O–H groups in total. The van der Waals surface area contributed by atoms with Gasteiger partial charge in [-0.15, -0.1) is 0 Å². The van der Waals surface area contributed by atoms with Crippen molar-refractivity contribution in [1.82, 2.24) is 9.71 Å². The molecule has 0 saturated heterocycles. The van der Waals surface area contributed by atoms with Gasteiger partial charge in [-0.1, -0.05) is 11.6 Å². The molecule has 0 unspecified atom stereocenters. The van der Waals surface area contributed by atoms with Gasteiger partial charge in [0.25, 0.3) is 0 Å². The van der Waals surface area contributed by atoms with Crippen LogP contribution in [0.15, 0.2) is 23.2 Å². The van der Waals surface area contributed by atoms with Crippen LogP contribution in [0.4, 0.5) is 0 Å². The molecule has 1 aliphatic carbocycles. The molecule has 0 spiro atoms. The number of pyridine rings is 1. The van der Waals surface area contributed by atoms with Gasteiger partial charge in [0.15, 0.2) is 0 Å². The molecule has 0 aliphatic heterocycles. The third kappa shape index (κ3) is 2.95. The largest absolute Gasteiger partial charge is 0.381 e. The zero-order valence-corrected chi connectivity index (χ0v) is 10.8. The summed E-state index contributed by atoms with van der Waals surface area (Å²) in [5.41, 5.74) is 0. The van der Waals surface area contributed by atoms with Crippen molar-refractivity contribution >= 4 is 21.6 Å². The van der Waals surface area contributed by atoms with Gasteiger partial charge in [0.05, 0.1) is 11.0 Å². The molecule has 0 radical (unpaired) electrons. The summed E-state index contributed by atoms with van der Waals surface area (Å²) in [5.74, 6) is 0. The normalized spacial score (nSPS) is 24.4. The van der Waals surface area contributed by atoms with E-state index in [2.05, 4.69) is 9.71 Å². The van der Waals surface area contributed by atoms with Gasteiger partial charge in [-0.2, -0.15) is 0 Å². The second-order valence-corrected chi connectivity index (χ2v) is 6.06. The third-order valence-corrected chi connectivity index (χ3v) is 4.48. The average Bonchev–Trinajstić information content (AvgIpc) is 2.23. The Balaban J connectivity index is 2.05. The Hall–Kier alpha value is -0.690. The molecule has 17 heavy (non-hydrogen) atoms. The first-order valence-electron chi connectivity index (χ1n) is 5.18. The topological polar surface area (TPSA) is 68.3 Å². The molecular weight excluding hydrogens is 264 g/mol. The fraction of sp³-hybridized carbons (Fsp3) is 0.500. The Morgan fingerprint density at radius 3 is 2.82 bits per heavy atom. The molecule has 0 bridgehead atoms. The van der Waals surface area contributed by atoms with Crippen LogP contribution in [-0.4, -0.2) is 32.7 Å². The third-order valence-electron chi connectivity index (χ3n) is 2.76. The average molecular weight is 277 g/mol. The van der Waals surface area contributed by atoms with E-state index in [0.717, 1.165) is 0 Å². The lowest BCUT2D eigenvalue weighted by Gasteiger charge is -2.34. The van der Waals surface area contributed by atoms with Crippen molar-refractivity contribution in [3.05, 3.63) is 23.5 Å². The van der Waals surface area contributed by atoms with Crippen LogP contribution in [0.25, 0.3) is 0 Å². The first kappa shape index (κ1) is 12.8. The van der Waals surface area contributed by atoms with Crippen LogP contribution < -0.4 is 4.72 Å². The predicted octanol–water partition coefficient (Wildman–Crippen LogP) is 1.19. The number of rotatable bonds is 4. The summed E-state index contributed by atoms with van der Waals surface area (Å²) in [6, 6.07) is 2.69. The standard InChI is InChI=1S/C10H13ClN2O3S/c1-16-8-4-7(5-8)13-17(14,15)9-2-3-12-10(11)6-9/h2-3,6-8,13H,4-5H2,1H3. The van der Waals surface area contributed by atoms with E-state index in [1.807, 2.05) is 0 Å². The molecule has 1 fully saturated rings. The number of methoxy groups -OCH3 is 1. The molecule has 7 heteroatoms. The summed E-state index contributed by atoms with van der Waals surface area (Å²) in [7, 11) is -1.88. The van der Waals surface area contributed by atoms with E-state index in [1.54, 1.807) is 7.11 Å². The van der Waals surface area contributed by atoms with Gasteiger partial charge >= 0.3 is 0 Å². The molecule has 1 heterocycles. The maximum absolute atomic E-state index is 11.9. The molecule has 1 aromatic rings. The zero-order valence-electron chi connectivity index (χ0n) is 9.26. The molecule has 1 aliphatic rings. The van der Waals surface area contributed by atoms with Crippen molar-refractivity contribution in [2.75, 3.05) is 7.11 Å². The van der Waals surface area contributed by atoms with Gasteiger partial charge < -0.3 is 4.74 Å². The van der Waals surface area contributed by atoms with Crippen LogP contribution >= 0.6 is 11.6 Å². The first-order chi connectivity index (χ1) is 8.01. The summed E-state index contributed by atoms with van der Waals surface area (Å²) in [4.78, 5) is 3.88. The van der Waals surface area contributed by atoms with Gasteiger partial charge in [-0.05, 0) is 25.0 Å². The summed E-state index contributed by atoms with van der Waals surface area (Å²) in [5, 5.41) is 0.163. The Labute approximate surface area is 105 Å². The van der Waals surface area contributed by atoms with Crippen molar-refractivity contribution in [2.24, 2.45) is 0 Å². The minimum atomic E-state index is -3.50. The molecule has 94 valence electrons. The smallest absolute Gasteiger partial charge is 0.240 e. The second-order valence-electron chi connectivity index (χ2n) is 3.96. The molecule has 0 aromatic carbocycles.